The van der Waals surface area contributed by atoms with Gasteiger partial charge in [0.2, 0.25) is 41.4 Å². The van der Waals surface area contributed by atoms with Gasteiger partial charge in [-0.05, 0) is 45.4 Å². The van der Waals surface area contributed by atoms with E-state index in [0.717, 1.165) is 0 Å². The molecule has 7 amide bonds. The lowest BCUT2D eigenvalue weighted by atomic mass is 9.97. The van der Waals surface area contributed by atoms with Crippen molar-refractivity contribution in [3.8, 4) is 0 Å². The first kappa shape index (κ1) is 89.2. The number of Topliss-reactive ketones (excluding diaryl/α,β-unsaturated/α-hetero) is 1. The molecule has 2 unspecified atom stereocenters. The number of rotatable bonds is 56. The second-order valence-electron chi connectivity index (χ2n) is 23.2. The molecule has 3 heterocycles. The summed E-state index contributed by atoms with van der Waals surface area (Å²) in [4.78, 5) is 99.5. The zero-order chi connectivity index (χ0) is 73.6. The van der Waals surface area contributed by atoms with E-state index in [1.165, 1.54) is 27.7 Å². The minimum atomic E-state index is -1.46. The third-order valence-corrected chi connectivity index (χ3v) is 15.2. The summed E-state index contributed by atoms with van der Waals surface area (Å²) in [7, 11) is 0. The maximum atomic E-state index is 13.7. The highest BCUT2D eigenvalue weighted by molar-refractivity contribution is 5.92. The SMILES string of the molecule is CC(=O)N[C@H]1[C@H](OCCOCCOCCOCC(=O)NCCCCC(NC(=O)C(CCCCNC(=O)COCCOCCOCCO[C@@H]2O[C@H](CO)[C@H](O)[C@H](O)[C@H]2NC(C)=O)NC(=O)COCCOCCOCCO[C@@H]2O[C@H](CO)[C@H](O)[C@H](O)[C@H]2NC(C)=O)C(C)=O)O[C@H](CO)[C@H](O)[C@@H]1O. The number of unbranched alkanes of at least 4 members (excludes halogenated alkanes) is 2. The molecule has 39 nitrogen and oxygen atoms in total. The van der Waals surface area contributed by atoms with Crippen molar-refractivity contribution in [2.24, 2.45) is 0 Å². The van der Waals surface area contributed by atoms with Crippen molar-refractivity contribution >= 4 is 47.1 Å². The predicted octanol–water partition coefficient (Wildman–Crippen LogP) is -8.85. The standard InChI is InChI=1S/C61H109N7O32/c1-37(72)41(9-5-7-11-62-46(76)34-92-22-19-86-13-16-89-25-28-95-59-49(64-38(2)73)55(82)52(79)43(31-69)98-59)68-58(85)42(67-48(78)36-94-24-21-88-15-18-91-27-30-97-61-51(66-40(4)75)57(84)54(81)45(33-71)100-61)10-6-8-12-63-47(77)35-93-23-20-87-14-17-90-26-29-96-60-50(65-39(3)74)56(83)53(80)44(32-70)99-60/h41-45,49-57,59-61,69-71,79-84H,5-36H2,1-4H3,(H,62,76)(H,63,77)(H,64,73)(H,65,74)(H,66,75)(H,67,78)(H,68,85)/t41?,42?,43-,44-,45-,49-,50-,51-,52+,53+,54+,55-,56-,57-,59-,60-,61-/m1/s1. The van der Waals surface area contributed by atoms with Gasteiger partial charge in [-0.2, -0.15) is 0 Å². The molecule has 3 aliphatic heterocycles. The number of amides is 7. The number of hydrogen-bond acceptors (Lipinski definition) is 32. The van der Waals surface area contributed by atoms with E-state index in [4.69, 9.17) is 71.1 Å². The Labute approximate surface area is 580 Å². The van der Waals surface area contributed by atoms with Gasteiger partial charge in [0.25, 0.3) is 0 Å². The summed E-state index contributed by atoms with van der Waals surface area (Å²) in [6, 6.07) is -5.29. The molecule has 3 aliphatic rings. The quantitative estimate of drug-likeness (QED) is 0.0252. The van der Waals surface area contributed by atoms with Crippen LogP contribution in [0.2, 0.25) is 0 Å². The van der Waals surface area contributed by atoms with Gasteiger partial charge < -0.3 is 154 Å². The van der Waals surface area contributed by atoms with E-state index in [1.807, 2.05) is 0 Å². The highest BCUT2D eigenvalue weighted by Crippen LogP contribution is 2.25. The first-order chi connectivity index (χ1) is 48.0. The summed E-state index contributed by atoms with van der Waals surface area (Å²) in [6.07, 6.45) is -13.6. The van der Waals surface area contributed by atoms with Crippen LogP contribution >= 0.6 is 0 Å². The first-order valence-corrected chi connectivity index (χ1v) is 33.4. The molecule has 0 aliphatic carbocycles. The van der Waals surface area contributed by atoms with Crippen molar-refractivity contribution in [2.45, 2.75) is 170 Å². The van der Waals surface area contributed by atoms with Crippen LogP contribution in [-0.2, 0) is 109 Å². The highest BCUT2D eigenvalue weighted by Gasteiger charge is 2.48. The Kier molecular flexibility index (Phi) is 47.2. The largest absolute Gasteiger partial charge is 0.394 e. The molecule has 39 heteroatoms. The van der Waals surface area contributed by atoms with Crippen LogP contribution in [-0.4, -0.2) is 369 Å². The highest BCUT2D eigenvalue weighted by atomic mass is 16.7. The van der Waals surface area contributed by atoms with E-state index in [9.17, 15) is 84.3 Å². The average molecular weight is 1450 g/mol. The molecule has 17 atom stereocenters. The van der Waals surface area contributed by atoms with E-state index in [-0.39, 0.29) is 170 Å². The van der Waals surface area contributed by atoms with Crippen molar-refractivity contribution < 1.29 is 155 Å². The third kappa shape index (κ3) is 36.4. The zero-order valence-electron chi connectivity index (χ0n) is 57.4. The molecule has 3 rings (SSSR count). The maximum Gasteiger partial charge on any atom is 0.246 e. The van der Waals surface area contributed by atoms with Crippen LogP contribution in [0.1, 0.15) is 66.2 Å². The molecule has 0 aromatic carbocycles. The number of nitrogens with one attached hydrogen (secondary N) is 7. The van der Waals surface area contributed by atoms with Crippen LogP contribution in [0.15, 0.2) is 0 Å². The number of carbonyl (C=O) groups excluding carboxylic acids is 8. The molecule has 580 valence electrons. The fourth-order valence-corrected chi connectivity index (χ4v) is 9.98. The Morgan fingerprint density at radius 2 is 0.630 bits per heavy atom. The van der Waals surface area contributed by atoms with Crippen LogP contribution in [0.3, 0.4) is 0 Å². The lowest BCUT2D eigenvalue weighted by Gasteiger charge is -2.42. The van der Waals surface area contributed by atoms with Gasteiger partial charge in [0.15, 0.2) is 24.7 Å². The molecule has 0 radical (unpaired) electrons. The Morgan fingerprint density at radius 1 is 0.350 bits per heavy atom. The fraction of sp³-hybridized carbons (Fsp3) is 0.869. The maximum absolute atomic E-state index is 13.7. The van der Waals surface area contributed by atoms with Gasteiger partial charge >= 0.3 is 0 Å². The lowest BCUT2D eigenvalue weighted by molar-refractivity contribution is -0.272. The van der Waals surface area contributed by atoms with Crippen LogP contribution in [0.5, 0.6) is 0 Å². The van der Waals surface area contributed by atoms with Gasteiger partial charge in [-0.1, -0.05) is 0 Å². The van der Waals surface area contributed by atoms with E-state index >= 15 is 0 Å². The van der Waals surface area contributed by atoms with Crippen molar-refractivity contribution in [1.29, 1.82) is 0 Å². The first-order valence-electron chi connectivity index (χ1n) is 33.4. The summed E-state index contributed by atoms with van der Waals surface area (Å²) in [5.74, 6) is -3.87. The van der Waals surface area contributed by atoms with Gasteiger partial charge in [0.1, 0.15) is 98.9 Å². The summed E-state index contributed by atoms with van der Waals surface area (Å²) in [5, 5.41) is 108. The molecule has 16 N–H and O–H groups in total. The number of ketones is 1. The topological polar surface area (TPSA) is 541 Å². The molecule has 0 aromatic heterocycles. The number of carbonyl (C=O) groups is 8. The van der Waals surface area contributed by atoms with Gasteiger partial charge in [0, 0.05) is 33.9 Å². The van der Waals surface area contributed by atoms with Gasteiger partial charge in [-0.15, -0.1) is 0 Å². The Hall–Kier alpha value is -5.00. The van der Waals surface area contributed by atoms with E-state index in [0.29, 0.717) is 25.7 Å². The second-order valence-corrected chi connectivity index (χ2v) is 23.2. The van der Waals surface area contributed by atoms with Crippen molar-refractivity contribution in [3.05, 3.63) is 0 Å². The summed E-state index contributed by atoms with van der Waals surface area (Å²) in [5.41, 5.74) is 0. The predicted molar refractivity (Wildman–Crippen MR) is 340 cm³/mol. The van der Waals surface area contributed by atoms with Crippen LogP contribution in [0.25, 0.3) is 0 Å². The summed E-state index contributed by atoms with van der Waals surface area (Å²) >= 11 is 0. The zero-order valence-corrected chi connectivity index (χ0v) is 57.4. The monoisotopic (exact) mass is 1450 g/mol. The van der Waals surface area contributed by atoms with Crippen LogP contribution < -0.4 is 37.2 Å². The van der Waals surface area contributed by atoms with Crippen molar-refractivity contribution in [2.75, 3.05) is 172 Å². The summed E-state index contributed by atoms with van der Waals surface area (Å²) < 4.78 is 82.4. The minimum absolute atomic E-state index is 0.00501. The number of aliphatic hydroxyl groups is 9. The molecule has 100 heavy (non-hydrogen) atoms. The smallest absolute Gasteiger partial charge is 0.246 e. The number of aliphatic hydroxyl groups excluding tert-OH is 9. The fourth-order valence-electron chi connectivity index (χ4n) is 9.98. The van der Waals surface area contributed by atoms with Gasteiger partial charge in [-0.3, -0.25) is 38.4 Å². The Morgan fingerprint density at radius 3 is 0.920 bits per heavy atom. The van der Waals surface area contributed by atoms with E-state index in [2.05, 4.69) is 37.2 Å². The number of ether oxygens (including phenoxy) is 15. The molecule has 0 bridgehead atoms. The molecular weight excluding hydrogens is 1340 g/mol. The number of hydrogen-bond donors (Lipinski definition) is 16. The van der Waals surface area contributed by atoms with Crippen LogP contribution in [0.4, 0.5) is 0 Å². The second kappa shape index (κ2) is 52.9. The van der Waals surface area contributed by atoms with Crippen molar-refractivity contribution in [1.82, 2.24) is 37.2 Å². The third-order valence-electron chi connectivity index (χ3n) is 15.2. The van der Waals surface area contributed by atoms with E-state index < -0.39 is 166 Å². The summed E-state index contributed by atoms with van der Waals surface area (Å²) in [6.45, 7) is 4.44. The molecule has 3 fully saturated rings. The lowest BCUT2D eigenvalue weighted by Crippen LogP contribution is -2.64. The molecule has 3 saturated heterocycles. The Balaban J connectivity index is 1.34. The van der Waals surface area contributed by atoms with Crippen molar-refractivity contribution in [3.63, 3.8) is 0 Å². The van der Waals surface area contributed by atoms with Gasteiger partial charge in [-0.25, -0.2) is 0 Å². The van der Waals surface area contributed by atoms with Gasteiger partial charge in [0.05, 0.1) is 145 Å². The average Bonchev–Trinajstić information content (AvgIpc) is 0.824. The molecule has 0 saturated carbocycles. The molecule has 0 aromatic rings. The van der Waals surface area contributed by atoms with E-state index in [1.54, 1.807) is 0 Å². The minimum Gasteiger partial charge on any atom is -0.394 e. The molecule has 0 spiro atoms. The molecular formula is C61H109N7O32. The van der Waals surface area contributed by atoms with Crippen LogP contribution in [0, 0.1) is 0 Å². The Bertz CT molecular complexity index is 2310. The normalized spacial score (nSPS) is 25.8.